The molecule has 0 radical (unpaired) electrons. The number of aryl methyl sites for hydroxylation is 1. The van der Waals surface area contributed by atoms with Gasteiger partial charge >= 0.3 is 0 Å². The Hall–Kier alpha value is -1.63. The number of benzene rings is 1. The van der Waals surface area contributed by atoms with Crippen LogP contribution in [-0.2, 0) is 22.3 Å². The molecule has 0 fully saturated rings. The second-order valence-electron chi connectivity index (χ2n) is 5.07. The van der Waals surface area contributed by atoms with Crippen LogP contribution in [0.5, 0.6) is 0 Å². The minimum absolute atomic E-state index is 0.0676. The largest absolute Gasteiger partial charge is 0.465 e. The first kappa shape index (κ1) is 15.8. The summed E-state index contributed by atoms with van der Waals surface area (Å²) in [5.41, 5.74) is 7.22. The smallest absolute Gasteiger partial charge is 0.216 e. The molecule has 1 unspecified atom stereocenters. The lowest BCUT2D eigenvalue weighted by Gasteiger charge is -2.12. The molecule has 0 saturated heterocycles. The van der Waals surface area contributed by atoms with Crippen molar-refractivity contribution in [1.82, 2.24) is 4.72 Å². The molecule has 1 aromatic heterocycles. The molecule has 0 saturated carbocycles. The number of furan rings is 1. The van der Waals surface area contributed by atoms with E-state index in [4.69, 9.17) is 10.2 Å². The maximum Gasteiger partial charge on any atom is 0.216 e. The summed E-state index contributed by atoms with van der Waals surface area (Å²) in [6, 6.07) is 10.4. The molecule has 114 valence electrons. The molecular formula is C15H20N2O3S. The van der Waals surface area contributed by atoms with E-state index >= 15 is 0 Å². The van der Waals surface area contributed by atoms with E-state index in [0.717, 1.165) is 16.9 Å². The number of sulfonamides is 1. The van der Waals surface area contributed by atoms with Crippen LogP contribution >= 0.6 is 0 Å². The molecule has 2 rings (SSSR count). The van der Waals surface area contributed by atoms with Crippen molar-refractivity contribution in [3.63, 3.8) is 0 Å². The number of rotatable bonds is 6. The summed E-state index contributed by atoms with van der Waals surface area (Å²) in [6.07, 6.45) is 0. The molecule has 0 aliphatic carbocycles. The van der Waals surface area contributed by atoms with Gasteiger partial charge in [-0.3, -0.25) is 0 Å². The van der Waals surface area contributed by atoms with Gasteiger partial charge in [-0.15, -0.1) is 0 Å². The Morgan fingerprint density at radius 3 is 2.29 bits per heavy atom. The predicted octanol–water partition coefficient (Wildman–Crippen LogP) is 2.23. The van der Waals surface area contributed by atoms with Crippen molar-refractivity contribution in [2.45, 2.75) is 32.2 Å². The summed E-state index contributed by atoms with van der Waals surface area (Å²) in [5.74, 6) is 1.30. The first-order chi connectivity index (χ1) is 9.89. The van der Waals surface area contributed by atoms with E-state index in [1.165, 1.54) is 0 Å². The molecule has 0 bridgehead atoms. The Kier molecular flexibility index (Phi) is 4.82. The Balaban J connectivity index is 2.04. The van der Waals surface area contributed by atoms with E-state index < -0.39 is 16.1 Å². The van der Waals surface area contributed by atoms with Gasteiger partial charge in [-0.25, -0.2) is 13.1 Å². The molecule has 0 amide bonds. The lowest BCUT2D eigenvalue weighted by molar-refractivity contribution is 0.441. The van der Waals surface area contributed by atoms with Gasteiger partial charge in [0.2, 0.25) is 10.0 Å². The van der Waals surface area contributed by atoms with Gasteiger partial charge in [0.15, 0.2) is 0 Å². The summed E-state index contributed by atoms with van der Waals surface area (Å²) < 4.78 is 32.4. The zero-order valence-corrected chi connectivity index (χ0v) is 13.0. The Morgan fingerprint density at radius 2 is 1.76 bits per heavy atom. The molecule has 0 spiro atoms. The molecule has 1 atom stereocenters. The molecule has 0 aliphatic rings. The van der Waals surface area contributed by atoms with E-state index in [2.05, 4.69) is 4.72 Å². The van der Waals surface area contributed by atoms with Crippen molar-refractivity contribution < 1.29 is 12.8 Å². The minimum Gasteiger partial charge on any atom is -0.465 e. The third-order valence-corrected chi connectivity index (χ3v) is 4.59. The van der Waals surface area contributed by atoms with Gasteiger partial charge in [0, 0.05) is 6.54 Å². The number of hydrogen-bond acceptors (Lipinski definition) is 4. The lowest BCUT2D eigenvalue weighted by Crippen LogP contribution is -2.27. The maximum absolute atomic E-state index is 12.2. The number of nitrogens with two attached hydrogens (primary N) is 1. The van der Waals surface area contributed by atoms with Crippen LogP contribution < -0.4 is 10.5 Å². The van der Waals surface area contributed by atoms with Crippen LogP contribution in [0, 0.1) is 6.92 Å². The molecule has 2 aromatic rings. The van der Waals surface area contributed by atoms with Crippen molar-refractivity contribution in [2.75, 3.05) is 0 Å². The van der Waals surface area contributed by atoms with Gasteiger partial charge in [-0.2, -0.15) is 0 Å². The topological polar surface area (TPSA) is 85.3 Å². The zero-order valence-electron chi connectivity index (χ0n) is 12.2. The molecule has 1 aromatic carbocycles. The zero-order chi connectivity index (χ0) is 15.5. The normalized spacial score (nSPS) is 13.3. The summed E-state index contributed by atoms with van der Waals surface area (Å²) in [6.45, 7) is 4.03. The van der Waals surface area contributed by atoms with E-state index in [9.17, 15) is 8.42 Å². The second-order valence-corrected chi connectivity index (χ2v) is 6.82. The van der Waals surface area contributed by atoms with Crippen molar-refractivity contribution >= 4 is 10.0 Å². The molecular weight excluding hydrogens is 288 g/mol. The SMILES string of the molecule is Cc1ccc(C(C)NS(=O)(=O)Cc2ccc(CN)cc2)o1. The minimum atomic E-state index is -3.43. The first-order valence-corrected chi connectivity index (χ1v) is 8.39. The van der Waals surface area contributed by atoms with Crippen LogP contribution in [0.25, 0.3) is 0 Å². The molecule has 0 aliphatic heterocycles. The van der Waals surface area contributed by atoms with Crippen molar-refractivity contribution in [1.29, 1.82) is 0 Å². The predicted molar refractivity (Wildman–Crippen MR) is 82.0 cm³/mol. The Morgan fingerprint density at radius 1 is 1.14 bits per heavy atom. The van der Waals surface area contributed by atoms with Gasteiger partial charge in [0.05, 0.1) is 11.8 Å². The standard InChI is InChI=1S/C15H20N2O3S/c1-11-3-8-15(20-11)12(2)17-21(18,19)10-14-6-4-13(9-16)5-7-14/h3-8,12,17H,9-10,16H2,1-2H3. The quantitative estimate of drug-likeness (QED) is 0.857. The summed E-state index contributed by atoms with van der Waals surface area (Å²) in [5, 5.41) is 0. The van der Waals surface area contributed by atoms with Crippen LogP contribution in [0.15, 0.2) is 40.8 Å². The number of nitrogens with one attached hydrogen (secondary N) is 1. The fourth-order valence-electron chi connectivity index (χ4n) is 2.05. The third kappa shape index (κ3) is 4.42. The number of hydrogen-bond donors (Lipinski definition) is 2. The Labute approximate surface area is 125 Å². The molecule has 3 N–H and O–H groups in total. The van der Waals surface area contributed by atoms with Crippen LogP contribution in [-0.4, -0.2) is 8.42 Å². The highest BCUT2D eigenvalue weighted by Crippen LogP contribution is 2.17. The van der Waals surface area contributed by atoms with Gasteiger partial charge in [-0.05, 0) is 37.1 Å². The average molecular weight is 308 g/mol. The van der Waals surface area contributed by atoms with Gasteiger partial charge in [0.1, 0.15) is 11.5 Å². The van der Waals surface area contributed by atoms with E-state index in [0.29, 0.717) is 12.3 Å². The monoisotopic (exact) mass is 308 g/mol. The second kappa shape index (κ2) is 6.43. The highest BCUT2D eigenvalue weighted by atomic mass is 32.2. The highest BCUT2D eigenvalue weighted by molar-refractivity contribution is 7.88. The molecule has 5 nitrogen and oxygen atoms in total. The molecule has 1 heterocycles. The molecule has 6 heteroatoms. The van der Waals surface area contributed by atoms with Crippen LogP contribution in [0.1, 0.15) is 35.6 Å². The van der Waals surface area contributed by atoms with Gasteiger partial charge < -0.3 is 10.2 Å². The maximum atomic E-state index is 12.2. The van der Waals surface area contributed by atoms with Crippen molar-refractivity contribution in [3.05, 3.63) is 59.0 Å². The fourth-order valence-corrected chi connectivity index (χ4v) is 3.42. The third-order valence-electron chi connectivity index (χ3n) is 3.16. The van der Waals surface area contributed by atoms with Gasteiger partial charge in [-0.1, -0.05) is 24.3 Å². The fraction of sp³-hybridized carbons (Fsp3) is 0.333. The van der Waals surface area contributed by atoms with Crippen LogP contribution in [0.4, 0.5) is 0 Å². The molecule has 21 heavy (non-hydrogen) atoms. The Bertz CT molecular complexity index is 690. The van der Waals surface area contributed by atoms with Crippen molar-refractivity contribution in [3.8, 4) is 0 Å². The van der Waals surface area contributed by atoms with E-state index in [1.807, 2.05) is 25.1 Å². The summed E-state index contributed by atoms with van der Waals surface area (Å²) >= 11 is 0. The first-order valence-electron chi connectivity index (χ1n) is 6.74. The summed E-state index contributed by atoms with van der Waals surface area (Å²) in [7, 11) is -3.43. The van der Waals surface area contributed by atoms with Crippen molar-refractivity contribution in [2.24, 2.45) is 5.73 Å². The highest BCUT2D eigenvalue weighted by Gasteiger charge is 2.18. The van der Waals surface area contributed by atoms with Gasteiger partial charge in [0.25, 0.3) is 0 Å². The average Bonchev–Trinajstić information content (AvgIpc) is 2.85. The van der Waals surface area contributed by atoms with Crippen LogP contribution in [0.3, 0.4) is 0 Å². The van der Waals surface area contributed by atoms with Crippen LogP contribution in [0.2, 0.25) is 0 Å². The lowest BCUT2D eigenvalue weighted by atomic mass is 10.1. The summed E-state index contributed by atoms with van der Waals surface area (Å²) in [4.78, 5) is 0. The van der Waals surface area contributed by atoms with E-state index in [-0.39, 0.29) is 5.75 Å². The van der Waals surface area contributed by atoms with E-state index in [1.54, 1.807) is 25.1 Å².